The quantitative estimate of drug-likeness (QED) is 0.788. The van der Waals surface area contributed by atoms with Gasteiger partial charge in [-0.3, -0.25) is 4.68 Å². The maximum Gasteiger partial charge on any atom is 0.335 e. The van der Waals surface area contributed by atoms with Crippen LogP contribution in [0.25, 0.3) is 11.0 Å². The van der Waals surface area contributed by atoms with Crippen molar-refractivity contribution in [3.63, 3.8) is 0 Å². The molecule has 0 spiro atoms. The van der Waals surface area contributed by atoms with Gasteiger partial charge in [-0.2, -0.15) is 20.1 Å². The Hall–Kier alpha value is -2.12. The molecule has 1 unspecified atom stereocenters. The Balaban J connectivity index is 2.10. The van der Waals surface area contributed by atoms with Crippen LogP contribution in [0.2, 0.25) is 10.0 Å². The van der Waals surface area contributed by atoms with E-state index < -0.39 is 11.5 Å². The molecule has 1 atom stereocenters. The zero-order valence-corrected chi connectivity index (χ0v) is 13.0. The summed E-state index contributed by atoms with van der Waals surface area (Å²) in [4.78, 5) is 12.9. The molecular weight excluding hydrogens is 329 g/mol. The molecule has 2 heterocycles. The Bertz CT molecular complexity index is 807. The van der Waals surface area contributed by atoms with Crippen LogP contribution in [0.4, 0.5) is 0 Å². The SMILES string of the molecule is CC(Cn1cccn1)(C(=O)O)n1nc2cc(Cl)c(Cl)cc2n1. The van der Waals surface area contributed by atoms with Gasteiger partial charge in [0.05, 0.1) is 16.6 Å². The molecule has 9 heteroatoms. The summed E-state index contributed by atoms with van der Waals surface area (Å²) in [5.41, 5.74) is -0.450. The molecule has 114 valence electrons. The molecule has 3 aromatic rings. The summed E-state index contributed by atoms with van der Waals surface area (Å²) >= 11 is 11.9. The number of rotatable bonds is 4. The maximum absolute atomic E-state index is 11.8. The monoisotopic (exact) mass is 339 g/mol. The van der Waals surface area contributed by atoms with Crippen LogP contribution in [-0.4, -0.2) is 35.9 Å². The lowest BCUT2D eigenvalue weighted by molar-refractivity contribution is -0.148. The number of fused-ring (bicyclic) bond motifs is 1. The standard InChI is InChI=1S/C13H11Cl2N5O2/c1-13(12(21)22,7-19-4-2-3-16-19)20-17-10-5-8(14)9(15)6-11(10)18-20/h2-6H,7H2,1H3,(H,21,22). The highest BCUT2D eigenvalue weighted by Crippen LogP contribution is 2.27. The second-order valence-corrected chi connectivity index (χ2v) is 5.84. The topological polar surface area (TPSA) is 85.8 Å². The van der Waals surface area contributed by atoms with Gasteiger partial charge in [-0.1, -0.05) is 23.2 Å². The lowest BCUT2D eigenvalue weighted by atomic mass is 10.0. The van der Waals surface area contributed by atoms with Crippen molar-refractivity contribution in [2.45, 2.75) is 19.0 Å². The van der Waals surface area contributed by atoms with Gasteiger partial charge in [0.15, 0.2) is 5.54 Å². The molecule has 1 aromatic carbocycles. The van der Waals surface area contributed by atoms with E-state index >= 15 is 0 Å². The minimum atomic E-state index is -1.40. The normalized spacial score (nSPS) is 14.1. The van der Waals surface area contributed by atoms with Crippen LogP contribution in [0.15, 0.2) is 30.6 Å². The van der Waals surface area contributed by atoms with E-state index in [0.29, 0.717) is 21.1 Å². The van der Waals surface area contributed by atoms with Crippen LogP contribution >= 0.6 is 23.2 Å². The highest BCUT2D eigenvalue weighted by Gasteiger charge is 2.38. The minimum absolute atomic E-state index is 0.0811. The zero-order valence-electron chi connectivity index (χ0n) is 11.4. The molecule has 0 fully saturated rings. The third-order valence-corrected chi connectivity index (χ3v) is 4.08. The van der Waals surface area contributed by atoms with E-state index in [-0.39, 0.29) is 6.54 Å². The lowest BCUT2D eigenvalue weighted by Gasteiger charge is -2.23. The Labute approximate surface area is 135 Å². The molecule has 0 saturated carbocycles. The third-order valence-electron chi connectivity index (χ3n) is 3.35. The van der Waals surface area contributed by atoms with Gasteiger partial charge >= 0.3 is 5.97 Å². The van der Waals surface area contributed by atoms with E-state index in [2.05, 4.69) is 15.3 Å². The summed E-state index contributed by atoms with van der Waals surface area (Å²) < 4.78 is 1.52. The van der Waals surface area contributed by atoms with E-state index in [1.54, 1.807) is 30.6 Å². The van der Waals surface area contributed by atoms with E-state index in [4.69, 9.17) is 23.2 Å². The highest BCUT2D eigenvalue weighted by molar-refractivity contribution is 6.42. The van der Waals surface area contributed by atoms with Crippen molar-refractivity contribution in [1.29, 1.82) is 0 Å². The lowest BCUT2D eigenvalue weighted by Crippen LogP contribution is -2.44. The first-order valence-corrected chi connectivity index (χ1v) is 7.09. The number of benzene rings is 1. The first-order valence-electron chi connectivity index (χ1n) is 6.33. The van der Waals surface area contributed by atoms with E-state index in [1.807, 2.05) is 0 Å². The van der Waals surface area contributed by atoms with Crippen molar-refractivity contribution in [3.8, 4) is 0 Å². The molecular formula is C13H11Cl2N5O2. The van der Waals surface area contributed by atoms with Crippen molar-refractivity contribution in [2.24, 2.45) is 0 Å². The van der Waals surface area contributed by atoms with Gasteiger partial charge in [0.1, 0.15) is 11.0 Å². The van der Waals surface area contributed by atoms with Crippen LogP contribution in [0.1, 0.15) is 6.92 Å². The number of aromatic nitrogens is 5. The summed E-state index contributed by atoms with van der Waals surface area (Å²) in [5.74, 6) is -1.07. The van der Waals surface area contributed by atoms with E-state index in [1.165, 1.54) is 11.6 Å². The molecule has 0 aliphatic rings. The zero-order chi connectivity index (χ0) is 15.9. The number of hydrogen-bond donors (Lipinski definition) is 1. The first kappa shape index (κ1) is 14.8. The van der Waals surface area contributed by atoms with Gasteiger partial charge in [0.25, 0.3) is 0 Å². The molecule has 0 amide bonds. The number of carboxylic acids is 1. The number of aliphatic carboxylic acids is 1. The van der Waals surface area contributed by atoms with Crippen LogP contribution in [0, 0.1) is 0 Å². The summed E-state index contributed by atoms with van der Waals surface area (Å²) in [6, 6.07) is 4.83. The Morgan fingerprint density at radius 2 is 1.86 bits per heavy atom. The van der Waals surface area contributed by atoms with Gasteiger partial charge < -0.3 is 5.11 Å². The maximum atomic E-state index is 11.8. The largest absolute Gasteiger partial charge is 0.479 e. The minimum Gasteiger partial charge on any atom is -0.479 e. The van der Waals surface area contributed by atoms with Crippen molar-refractivity contribution in [3.05, 3.63) is 40.6 Å². The van der Waals surface area contributed by atoms with Gasteiger partial charge in [0, 0.05) is 12.4 Å². The number of halogens is 2. The molecule has 1 N–H and O–H groups in total. The second-order valence-electron chi connectivity index (χ2n) is 5.03. The predicted molar refractivity (Wildman–Crippen MR) is 81.1 cm³/mol. The summed E-state index contributed by atoms with van der Waals surface area (Å²) in [6.07, 6.45) is 3.26. The predicted octanol–water partition coefficient (Wildman–Crippen LogP) is 2.43. The second kappa shape index (κ2) is 5.26. The Morgan fingerprint density at radius 1 is 1.27 bits per heavy atom. The van der Waals surface area contributed by atoms with Gasteiger partial charge in [-0.05, 0) is 25.1 Å². The highest BCUT2D eigenvalue weighted by atomic mass is 35.5. The molecule has 7 nitrogen and oxygen atoms in total. The van der Waals surface area contributed by atoms with Crippen LogP contribution in [0.3, 0.4) is 0 Å². The van der Waals surface area contributed by atoms with Gasteiger partial charge in [-0.15, -0.1) is 0 Å². The van der Waals surface area contributed by atoms with Crippen molar-refractivity contribution < 1.29 is 9.90 Å². The van der Waals surface area contributed by atoms with Crippen LogP contribution < -0.4 is 0 Å². The summed E-state index contributed by atoms with van der Waals surface area (Å²) in [6.45, 7) is 1.61. The van der Waals surface area contributed by atoms with E-state index in [9.17, 15) is 9.90 Å². The van der Waals surface area contributed by atoms with E-state index in [0.717, 1.165) is 4.80 Å². The van der Waals surface area contributed by atoms with Gasteiger partial charge in [0.2, 0.25) is 0 Å². The fourth-order valence-electron chi connectivity index (χ4n) is 2.06. The molecule has 2 aromatic heterocycles. The number of carboxylic acid groups (broad SMARTS) is 1. The average molecular weight is 340 g/mol. The van der Waals surface area contributed by atoms with Crippen molar-refractivity contribution in [2.75, 3.05) is 0 Å². The average Bonchev–Trinajstić information content (AvgIpc) is 3.08. The van der Waals surface area contributed by atoms with Crippen LogP contribution in [0.5, 0.6) is 0 Å². The summed E-state index contributed by atoms with van der Waals surface area (Å²) in [7, 11) is 0. The Morgan fingerprint density at radius 3 is 2.32 bits per heavy atom. The van der Waals surface area contributed by atoms with Crippen LogP contribution in [-0.2, 0) is 16.9 Å². The third kappa shape index (κ3) is 2.42. The van der Waals surface area contributed by atoms with Crippen molar-refractivity contribution in [1.82, 2.24) is 24.8 Å². The number of hydrogen-bond acceptors (Lipinski definition) is 4. The molecule has 22 heavy (non-hydrogen) atoms. The first-order chi connectivity index (χ1) is 10.4. The molecule has 0 bridgehead atoms. The molecule has 0 aliphatic heterocycles. The van der Waals surface area contributed by atoms with Gasteiger partial charge in [-0.25, -0.2) is 4.79 Å². The number of nitrogens with zero attached hydrogens (tertiary/aromatic N) is 5. The molecule has 0 aliphatic carbocycles. The van der Waals surface area contributed by atoms with Crippen molar-refractivity contribution >= 4 is 40.2 Å². The molecule has 0 radical (unpaired) electrons. The molecule has 3 rings (SSSR count). The number of carbonyl (C=O) groups is 1. The fourth-order valence-corrected chi connectivity index (χ4v) is 2.37. The fraction of sp³-hybridized carbons (Fsp3) is 0.231. The molecule has 0 saturated heterocycles. The smallest absolute Gasteiger partial charge is 0.335 e. The Kier molecular flexibility index (Phi) is 3.54. The summed E-state index contributed by atoms with van der Waals surface area (Å²) in [5, 5.41) is 22.8.